The van der Waals surface area contributed by atoms with E-state index in [0.29, 0.717) is 11.2 Å². The van der Waals surface area contributed by atoms with E-state index in [1.807, 2.05) is 6.07 Å². The molecule has 2 N–H and O–H groups in total. The minimum absolute atomic E-state index is 0.0359. The number of rotatable bonds is 2. The number of aromatic nitrogens is 3. The van der Waals surface area contributed by atoms with Gasteiger partial charge in [-0.3, -0.25) is 0 Å². The third-order valence-electron chi connectivity index (χ3n) is 3.23. The highest BCUT2D eigenvalue weighted by Gasteiger charge is 2.33. The van der Waals surface area contributed by atoms with Gasteiger partial charge in [-0.15, -0.1) is 5.10 Å². The molecule has 1 unspecified atom stereocenters. The van der Waals surface area contributed by atoms with Crippen molar-refractivity contribution >= 4 is 23.1 Å². The van der Waals surface area contributed by atoms with Crippen molar-refractivity contribution < 1.29 is 4.39 Å². The zero-order valence-electron chi connectivity index (χ0n) is 10.8. The molecule has 0 fully saturated rings. The lowest BCUT2D eigenvalue weighted by Crippen LogP contribution is -2.23. The number of hydrogen-bond acceptors (Lipinski definition) is 4. The lowest BCUT2D eigenvalue weighted by molar-refractivity contribution is 0.177. The second-order valence-electron chi connectivity index (χ2n) is 4.89. The average molecular weight is 282 g/mol. The molecular formula is C12H13ClFN5. The van der Waals surface area contributed by atoms with Gasteiger partial charge in [0, 0.05) is 5.92 Å². The molecule has 0 aliphatic rings. The molecule has 7 heteroatoms. The molecule has 2 rings (SSSR count). The van der Waals surface area contributed by atoms with Gasteiger partial charge in [0.2, 0.25) is 5.95 Å². The molecule has 0 amide bonds. The summed E-state index contributed by atoms with van der Waals surface area (Å²) in [6.07, 6.45) is 1.42. The van der Waals surface area contributed by atoms with E-state index in [2.05, 4.69) is 10.1 Å². The molecule has 100 valence electrons. The molecule has 0 saturated heterocycles. The minimum Gasteiger partial charge on any atom is -0.367 e. The number of hydrogen-bond donors (Lipinski definition) is 1. The highest BCUT2D eigenvalue weighted by atomic mass is 35.5. The minimum atomic E-state index is -1.52. The Hall–Kier alpha value is -1.87. The van der Waals surface area contributed by atoms with Crippen molar-refractivity contribution in [2.45, 2.75) is 32.4 Å². The highest BCUT2D eigenvalue weighted by Crippen LogP contribution is 2.37. The van der Waals surface area contributed by atoms with Gasteiger partial charge >= 0.3 is 0 Å². The number of nitrogen functional groups attached to an aromatic ring is 1. The molecule has 1 atom stereocenters. The molecule has 0 saturated carbocycles. The standard InChI is InChI=1S/C12H13ClFN5/c1-6(12(2,3)14)10-7(4-15)9(13)8-5-17-11(16)18-19(8)10/h5-6H,1-3H3,(H2,16,18). The Kier molecular flexibility index (Phi) is 3.11. The number of fused-ring (bicyclic) bond motifs is 1. The summed E-state index contributed by atoms with van der Waals surface area (Å²) in [5.74, 6) is -0.537. The van der Waals surface area contributed by atoms with Crippen LogP contribution in [0.15, 0.2) is 6.20 Å². The Morgan fingerprint density at radius 2 is 2.21 bits per heavy atom. The van der Waals surface area contributed by atoms with Crippen LogP contribution in [-0.4, -0.2) is 20.3 Å². The lowest BCUT2D eigenvalue weighted by atomic mass is 9.90. The first kappa shape index (κ1) is 13.6. The first-order valence-electron chi connectivity index (χ1n) is 5.69. The van der Waals surface area contributed by atoms with Crippen molar-refractivity contribution in [3.05, 3.63) is 22.5 Å². The van der Waals surface area contributed by atoms with Crippen molar-refractivity contribution in [3.63, 3.8) is 0 Å². The summed E-state index contributed by atoms with van der Waals surface area (Å²) in [4.78, 5) is 3.84. The Bertz CT molecular complexity index is 680. The van der Waals surface area contributed by atoms with Gasteiger partial charge in [0.1, 0.15) is 17.3 Å². The van der Waals surface area contributed by atoms with Crippen molar-refractivity contribution in [2.75, 3.05) is 5.73 Å². The fourth-order valence-corrected chi connectivity index (χ4v) is 2.14. The van der Waals surface area contributed by atoms with Crippen molar-refractivity contribution in [2.24, 2.45) is 0 Å². The summed E-state index contributed by atoms with van der Waals surface area (Å²) in [7, 11) is 0. The van der Waals surface area contributed by atoms with Gasteiger partial charge < -0.3 is 5.73 Å². The molecule has 2 aromatic rings. The van der Waals surface area contributed by atoms with Gasteiger partial charge in [0.05, 0.1) is 22.5 Å². The topological polar surface area (TPSA) is 80.0 Å². The highest BCUT2D eigenvalue weighted by molar-refractivity contribution is 6.35. The second-order valence-corrected chi connectivity index (χ2v) is 5.26. The van der Waals surface area contributed by atoms with E-state index >= 15 is 0 Å². The summed E-state index contributed by atoms with van der Waals surface area (Å²) in [6.45, 7) is 4.56. The van der Waals surface area contributed by atoms with Crippen molar-refractivity contribution in [3.8, 4) is 6.07 Å². The molecule has 5 nitrogen and oxygen atoms in total. The number of alkyl halides is 1. The summed E-state index contributed by atoms with van der Waals surface area (Å²) >= 11 is 6.12. The molecule has 0 bridgehead atoms. The quantitative estimate of drug-likeness (QED) is 0.918. The molecule has 2 heterocycles. The van der Waals surface area contributed by atoms with Gasteiger partial charge in [0.25, 0.3) is 0 Å². The van der Waals surface area contributed by atoms with Crippen LogP contribution in [0.2, 0.25) is 5.02 Å². The van der Waals surface area contributed by atoms with Crippen LogP contribution >= 0.6 is 11.6 Å². The fourth-order valence-electron chi connectivity index (χ4n) is 1.88. The zero-order chi connectivity index (χ0) is 14.4. The molecular weight excluding hydrogens is 269 g/mol. The molecule has 0 aromatic carbocycles. The van der Waals surface area contributed by atoms with Crippen LogP contribution in [0.1, 0.15) is 37.9 Å². The zero-order valence-corrected chi connectivity index (χ0v) is 11.5. The van der Waals surface area contributed by atoms with Crippen LogP contribution < -0.4 is 5.73 Å². The van der Waals surface area contributed by atoms with Crippen molar-refractivity contribution in [1.82, 2.24) is 14.6 Å². The Balaban J connectivity index is 2.85. The molecule has 19 heavy (non-hydrogen) atoms. The molecule has 0 aliphatic heterocycles. The van der Waals surface area contributed by atoms with E-state index in [9.17, 15) is 9.65 Å². The molecule has 0 spiro atoms. The van der Waals surface area contributed by atoms with Crippen LogP contribution in [0.3, 0.4) is 0 Å². The van der Waals surface area contributed by atoms with Crippen LogP contribution in [0, 0.1) is 11.3 Å². The van der Waals surface area contributed by atoms with E-state index in [1.165, 1.54) is 24.6 Å². The molecule has 0 radical (unpaired) electrons. The Morgan fingerprint density at radius 3 is 2.74 bits per heavy atom. The Morgan fingerprint density at radius 1 is 1.58 bits per heavy atom. The molecule has 0 aliphatic carbocycles. The van der Waals surface area contributed by atoms with E-state index < -0.39 is 11.6 Å². The van der Waals surface area contributed by atoms with Crippen LogP contribution in [0.4, 0.5) is 10.3 Å². The van der Waals surface area contributed by atoms with Crippen molar-refractivity contribution in [1.29, 1.82) is 5.26 Å². The van der Waals surface area contributed by atoms with Gasteiger partial charge in [-0.25, -0.2) is 13.9 Å². The fraction of sp³-hybridized carbons (Fsp3) is 0.417. The maximum Gasteiger partial charge on any atom is 0.238 e. The summed E-state index contributed by atoms with van der Waals surface area (Å²) in [5, 5.41) is 13.5. The predicted molar refractivity (Wildman–Crippen MR) is 70.7 cm³/mol. The number of nitrogens with two attached hydrogens (primary N) is 1. The third-order valence-corrected chi connectivity index (χ3v) is 3.61. The van der Waals surface area contributed by atoms with Crippen LogP contribution in [0.5, 0.6) is 0 Å². The lowest BCUT2D eigenvalue weighted by Gasteiger charge is -2.23. The van der Waals surface area contributed by atoms with E-state index in [0.717, 1.165) is 0 Å². The maximum absolute atomic E-state index is 14.2. The maximum atomic E-state index is 14.2. The summed E-state index contributed by atoms with van der Waals surface area (Å²) in [6, 6.07) is 2.00. The predicted octanol–water partition coefficient (Wildman–Crippen LogP) is 2.69. The number of halogens is 2. The second kappa shape index (κ2) is 4.35. The first-order valence-corrected chi connectivity index (χ1v) is 6.06. The van der Waals surface area contributed by atoms with Gasteiger partial charge in [-0.1, -0.05) is 18.5 Å². The number of nitrogens with zero attached hydrogens (tertiary/aromatic N) is 4. The van der Waals surface area contributed by atoms with Gasteiger partial charge in [-0.05, 0) is 13.8 Å². The van der Waals surface area contributed by atoms with Crippen LogP contribution in [0.25, 0.3) is 5.52 Å². The van der Waals surface area contributed by atoms with Crippen LogP contribution in [-0.2, 0) is 0 Å². The normalized spacial score (nSPS) is 13.5. The number of nitriles is 1. The van der Waals surface area contributed by atoms with Gasteiger partial charge in [-0.2, -0.15) is 5.26 Å². The van der Waals surface area contributed by atoms with E-state index in [1.54, 1.807) is 6.92 Å². The smallest absolute Gasteiger partial charge is 0.238 e. The Labute approximate surface area is 114 Å². The SMILES string of the molecule is CC(c1c(C#N)c(Cl)c2cnc(N)nn12)C(C)(C)F. The monoisotopic (exact) mass is 281 g/mol. The average Bonchev–Trinajstić information content (AvgIpc) is 2.59. The summed E-state index contributed by atoms with van der Waals surface area (Å²) in [5.41, 5.74) is 5.07. The van der Waals surface area contributed by atoms with E-state index in [4.69, 9.17) is 17.3 Å². The number of anilines is 1. The largest absolute Gasteiger partial charge is 0.367 e. The third kappa shape index (κ3) is 2.10. The van der Waals surface area contributed by atoms with Gasteiger partial charge in [0.15, 0.2) is 0 Å². The first-order chi connectivity index (χ1) is 8.77. The summed E-state index contributed by atoms with van der Waals surface area (Å²) < 4.78 is 15.6. The molecule has 2 aromatic heterocycles. The van der Waals surface area contributed by atoms with E-state index in [-0.39, 0.29) is 16.5 Å².